The van der Waals surface area contributed by atoms with Crippen molar-refractivity contribution in [3.63, 3.8) is 0 Å². The Labute approximate surface area is 92.1 Å². The van der Waals surface area contributed by atoms with E-state index in [1.165, 1.54) is 25.7 Å². The lowest BCUT2D eigenvalue weighted by atomic mass is 9.86. The van der Waals surface area contributed by atoms with E-state index in [9.17, 15) is 0 Å². The molecule has 1 unspecified atom stereocenters. The highest BCUT2D eigenvalue weighted by atomic mass is 16.4. The highest BCUT2D eigenvalue weighted by Gasteiger charge is 2.26. The van der Waals surface area contributed by atoms with E-state index in [-0.39, 0.29) is 6.04 Å². The van der Waals surface area contributed by atoms with Gasteiger partial charge in [0.1, 0.15) is 0 Å². The third kappa shape index (κ3) is 3.09. The van der Waals surface area contributed by atoms with Gasteiger partial charge in [-0.25, -0.2) is 0 Å². The van der Waals surface area contributed by atoms with Crippen molar-refractivity contribution in [1.82, 2.24) is 4.90 Å². The molecule has 1 fully saturated rings. The molecule has 1 aliphatic rings. The Morgan fingerprint density at radius 2 is 1.93 bits per heavy atom. The van der Waals surface area contributed by atoms with Crippen LogP contribution in [0.3, 0.4) is 0 Å². The Hall–Kier alpha value is -0.770. The van der Waals surface area contributed by atoms with Crippen molar-refractivity contribution in [3.05, 3.63) is 0 Å². The van der Waals surface area contributed by atoms with Crippen molar-refractivity contribution in [2.75, 3.05) is 7.05 Å². The van der Waals surface area contributed by atoms with Crippen molar-refractivity contribution >= 4 is 5.84 Å². The standard InChI is InChI=1S/C11H23N3O/c1-8-4-6-10(7-5-8)14(3)9(2)11(12)13-15/h8-10,15H,4-7H2,1-3H3,(H2,12,13). The third-order valence-corrected chi connectivity index (χ3v) is 3.72. The van der Waals surface area contributed by atoms with Crippen LogP contribution in [0.15, 0.2) is 5.16 Å². The van der Waals surface area contributed by atoms with E-state index >= 15 is 0 Å². The molecule has 15 heavy (non-hydrogen) atoms. The molecule has 4 heteroatoms. The summed E-state index contributed by atoms with van der Waals surface area (Å²) in [6, 6.07) is 0.602. The van der Waals surface area contributed by atoms with Gasteiger partial charge in [0.15, 0.2) is 5.84 Å². The fourth-order valence-corrected chi connectivity index (χ4v) is 2.26. The van der Waals surface area contributed by atoms with E-state index < -0.39 is 0 Å². The molecule has 1 rings (SSSR count). The summed E-state index contributed by atoms with van der Waals surface area (Å²) in [6.07, 6.45) is 5.03. The summed E-state index contributed by atoms with van der Waals surface area (Å²) in [5.74, 6) is 1.16. The molecule has 0 spiro atoms. The average Bonchev–Trinajstić information content (AvgIpc) is 2.27. The van der Waals surface area contributed by atoms with Crippen molar-refractivity contribution in [1.29, 1.82) is 0 Å². The van der Waals surface area contributed by atoms with E-state index in [1.54, 1.807) is 0 Å². The fraction of sp³-hybridized carbons (Fsp3) is 0.909. The summed E-state index contributed by atoms with van der Waals surface area (Å²) in [7, 11) is 2.06. The molecular weight excluding hydrogens is 190 g/mol. The summed E-state index contributed by atoms with van der Waals surface area (Å²) in [5.41, 5.74) is 5.61. The van der Waals surface area contributed by atoms with Crippen LogP contribution in [0.25, 0.3) is 0 Å². The SMILES string of the molecule is CC1CCC(N(C)C(C)C(N)=NO)CC1. The predicted molar refractivity (Wildman–Crippen MR) is 62.1 cm³/mol. The predicted octanol–water partition coefficient (Wildman–Crippen LogP) is 1.63. The van der Waals surface area contributed by atoms with Crippen LogP contribution >= 0.6 is 0 Å². The van der Waals surface area contributed by atoms with Gasteiger partial charge >= 0.3 is 0 Å². The molecule has 0 amide bonds. The van der Waals surface area contributed by atoms with Gasteiger partial charge in [-0.1, -0.05) is 12.1 Å². The zero-order valence-corrected chi connectivity index (χ0v) is 9.98. The molecule has 0 aromatic heterocycles. The molecule has 0 bridgehead atoms. The first-order chi connectivity index (χ1) is 7.06. The van der Waals surface area contributed by atoms with Crippen LogP contribution < -0.4 is 5.73 Å². The summed E-state index contributed by atoms with van der Waals surface area (Å²) in [6.45, 7) is 4.29. The van der Waals surface area contributed by atoms with E-state index in [0.717, 1.165) is 5.92 Å². The van der Waals surface area contributed by atoms with E-state index in [4.69, 9.17) is 10.9 Å². The number of likely N-dealkylation sites (N-methyl/N-ethyl adjacent to an activating group) is 1. The Bertz CT molecular complexity index is 222. The Morgan fingerprint density at radius 1 is 1.40 bits per heavy atom. The number of oxime groups is 1. The average molecular weight is 213 g/mol. The second-order valence-corrected chi connectivity index (χ2v) is 4.78. The molecule has 0 aromatic carbocycles. The van der Waals surface area contributed by atoms with Gasteiger partial charge in [-0.05, 0) is 45.6 Å². The number of rotatable bonds is 3. The molecule has 1 atom stereocenters. The maximum absolute atomic E-state index is 8.63. The quantitative estimate of drug-likeness (QED) is 0.324. The summed E-state index contributed by atoms with van der Waals surface area (Å²) < 4.78 is 0. The topological polar surface area (TPSA) is 61.8 Å². The van der Waals surface area contributed by atoms with Gasteiger partial charge in [0.2, 0.25) is 0 Å². The summed E-state index contributed by atoms with van der Waals surface area (Å²) in [4.78, 5) is 2.22. The highest BCUT2D eigenvalue weighted by molar-refractivity contribution is 5.84. The molecule has 0 heterocycles. The molecule has 3 N–H and O–H groups in total. The lowest BCUT2D eigenvalue weighted by Crippen LogP contribution is -2.47. The number of nitrogens with two attached hydrogens (primary N) is 1. The summed E-state index contributed by atoms with van der Waals surface area (Å²) >= 11 is 0. The molecule has 0 radical (unpaired) electrons. The van der Waals surface area contributed by atoms with Gasteiger partial charge in [0, 0.05) is 6.04 Å². The van der Waals surface area contributed by atoms with Crippen LogP contribution in [0.5, 0.6) is 0 Å². The second kappa shape index (κ2) is 5.35. The van der Waals surface area contributed by atoms with Crippen LogP contribution in [-0.2, 0) is 0 Å². The van der Waals surface area contributed by atoms with E-state index in [0.29, 0.717) is 11.9 Å². The molecule has 1 aliphatic carbocycles. The molecule has 1 saturated carbocycles. The minimum atomic E-state index is 0.0217. The number of nitrogens with zero attached hydrogens (tertiary/aromatic N) is 2. The van der Waals surface area contributed by atoms with Crippen LogP contribution in [0.4, 0.5) is 0 Å². The third-order valence-electron chi connectivity index (χ3n) is 3.72. The van der Waals surface area contributed by atoms with Crippen LogP contribution in [0, 0.1) is 5.92 Å². The first-order valence-electron chi connectivity index (χ1n) is 5.75. The fourth-order valence-electron chi connectivity index (χ4n) is 2.26. The first-order valence-corrected chi connectivity index (χ1v) is 5.75. The smallest absolute Gasteiger partial charge is 0.156 e. The molecule has 4 nitrogen and oxygen atoms in total. The molecule has 0 aromatic rings. The highest BCUT2D eigenvalue weighted by Crippen LogP contribution is 2.27. The monoisotopic (exact) mass is 213 g/mol. The molecule has 88 valence electrons. The lowest BCUT2D eigenvalue weighted by molar-refractivity contribution is 0.155. The lowest BCUT2D eigenvalue weighted by Gasteiger charge is -2.36. The molecule has 0 aliphatic heterocycles. The van der Waals surface area contributed by atoms with Crippen molar-refractivity contribution in [2.45, 2.75) is 51.6 Å². The van der Waals surface area contributed by atoms with E-state index in [1.807, 2.05) is 6.92 Å². The maximum Gasteiger partial charge on any atom is 0.156 e. The van der Waals surface area contributed by atoms with Crippen LogP contribution in [0.2, 0.25) is 0 Å². The Balaban J connectivity index is 2.49. The van der Waals surface area contributed by atoms with Crippen molar-refractivity contribution < 1.29 is 5.21 Å². The number of hydrogen-bond acceptors (Lipinski definition) is 3. The van der Waals surface area contributed by atoms with Gasteiger partial charge in [-0.3, -0.25) is 4.90 Å². The van der Waals surface area contributed by atoms with Gasteiger partial charge in [0.05, 0.1) is 6.04 Å². The first kappa shape index (κ1) is 12.3. The minimum absolute atomic E-state index is 0.0217. The van der Waals surface area contributed by atoms with Crippen LogP contribution in [-0.4, -0.2) is 35.1 Å². The van der Waals surface area contributed by atoms with E-state index in [2.05, 4.69) is 24.0 Å². The molecular formula is C11H23N3O. The Kier molecular flexibility index (Phi) is 4.39. The number of amidine groups is 1. The zero-order chi connectivity index (χ0) is 11.4. The summed E-state index contributed by atoms with van der Waals surface area (Å²) in [5, 5.41) is 11.7. The second-order valence-electron chi connectivity index (χ2n) is 4.78. The zero-order valence-electron chi connectivity index (χ0n) is 9.98. The minimum Gasteiger partial charge on any atom is -0.409 e. The molecule has 0 saturated heterocycles. The van der Waals surface area contributed by atoms with Crippen molar-refractivity contribution in [2.24, 2.45) is 16.8 Å². The van der Waals surface area contributed by atoms with Gasteiger partial charge in [0.25, 0.3) is 0 Å². The normalized spacial score (nSPS) is 30.5. The maximum atomic E-state index is 8.63. The Morgan fingerprint density at radius 3 is 2.40 bits per heavy atom. The van der Waals surface area contributed by atoms with Crippen molar-refractivity contribution in [3.8, 4) is 0 Å². The number of hydrogen-bond donors (Lipinski definition) is 2. The van der Waals surface area contributed by atoms with Gasteiger partial charge < -0.3 is 10.9 Å². The largest absolute Gasteiger partial charge is 0.409 e. The van der Waals surface area contributed by atoms with Gasteiger partial charge in [-0.2, -0.15) is 0 Å². The van der Waals surface area contributed by atoms with Crippen LogP contribution in [0.1, 0.15) is 39.5 Å². The van der Waals surface area contributed by atoms with Gasteiger partial charge in [-0.15, -0.1) is 0 Å².